The number of amides is 1. The summed E-state index contributed by atoms with van der Waals surface area (Å²) in [5.41, 5.74) is 2.81. The number of nitrogens with one attached hydrogen (secondary N) is 1. The molecule has 1 aromatic heterocycles. The predicted molar refractivity (Wildman–Crippen MR) is 130 cm³/mol. The maximum absolute atomic E-state index is 13.1. The van der Waals surface area contributed by atoms with Gasteiger partial charge in [0.25, 0.3) is 0 Å². The minimum absolute atomic E-state index is 0. The molecule has 1 N–H and O–H groups in total. The average molecular weight is 468 g/mol. The van der Waals surface area contributed by atoms with E-state index in [0.29, 0.717) is 11.5 Å². The molecule has 7 nitrogen and oxygen atoms in total. The van der Waals surface area contributed by atoms with Crippen molar-refractivity contribution in [1.29, 1.82) is 0 Å². The lowest BCUT2D eigenvalue weighted by atomic mass is 9.95. The van der Waals surface area contributed by atoms with Crippen molar-refractivity contribution >= 4 is 21.7 Å². The van der Waals surface area contributed by atoms with Crippen LogP contribution in [0, 0.1) is 6.92 Å². The lowest BCUT2D eigenvalue weighted by molar-refractivity contribution is -0.118. The van der Waals surface area contributed by atoms with Gasteiger partial charge >= 0.3 is 0 Å². The summed E-state index contributed by atoms with van der Waals surface area (Å²) >= 11 is 0. The van der Waals surface area contributed by atoms with Crippen molar-refractivity contribution in [2.75, 3.05) is 26.5 Å². The summed E-state index contributed by atoms with van der Waals surface area (Å²) in [6, 6.07) is 17.9. The van der Waals surface area contributed by atoms with Crippen LogP contribution < -0.4 is 10.1 Å². The van der Waals surface area contributed by atoms with Crippen molar-refractivity contribution in [2.45, 2.75) is 30.1 Å². The number of aryl methyl sites for hydroxylation is 1. The van der Waals surface area contributed by atoms with Gasteiger partial charge < -0.3 is 10.1 Å². The van der Waals surface area contributed by atoms with Crippen LogP contribution in [0.2, 0.25) is 0 Å². The number of aromatic nitrogens is 1. The first-order valence-corrected chi connectivity index (χ1v) is 12.1. The van der Waals surface area contributed by atoms with Gasteiger partial charge in [0.1, 0.15) is 11.6 Å². The van der Waals surface area contributed by atoms with Crippen LogP contribution in [-0.4, -0.2) is 44.8 Å². The number of ether oxygens (including phenoxy) is 1. The quantitative estimate of drug-likeness (QED) is 0.562. The summed E-state index contributed by atoms with van der Waals surface area (Å²) in [7, 11) is 1.11. The summed E-state index contributed by atoms with van der Waals surface area (Å²) in [6.07, 6.45) is 1.57. The highest BCUT2D eigenvalue weighted by molar-refractivity contribution is 7.89. The van der Waals surface area contributed by atoms with Gasteiger partial charge in [-0.05, 0) is 61.2 Å². The van der Waals surface area contributed by atoms with E-state index in [0.717, 1.165) is 35.3 Å². The van der Waals surface area contributed by atoms with E-state index in [1.54, 1.807) is 37.4 Å². The minimum Gasteiger partial charge on any atom is -0.497 e. The van der Waals surface area contributed by atoms with Gasteiger partial charge in [0.2, 0.25) is 15.9 Å². The van der Waals surface area contributed by atoms with Gasteiger partial charge in [0.15, 0.2) is 0 Å². The molecule has 0 atom stereocenters. The van der Waals surface area contributed by atoms with Crippen molar-refractivity contribution in [2.24, 2.45) is 0 Å². The van der Waals surface area contributed by atoms with Crippen LogP contribution >= 0.6 is 0 Å². The molecule has 0 radical (unpaired) electrons. The minimum atomic E-state index is -3.50. The van der Waals surface area contributed by atoms with Crippen LogP contribution in [0.4, 0.5) is 5.82 Å². The first-order valence-electron chi connectivity index (χ1n) is 10.6. The summed E-state index contributed by atoms with van der Waals surface area (Å²) in [5, 5.41) is 2.98. The van der Waals surface area contributed by atoms with Gasteiger partial charge in [0, 0.05) is 21.1 Å². The fourth-order valence-electron chi connectivity index (χ4n) is 3.80. The maximum atomic E-state index is 13.1. The molecule has 1 heterocycles. The second-order valence-corrected chi connectivity index (χ2v) is 10.6. The van der Waals surface area contributed by atoms with Crippen molar-refractivity contribution in [3.8, 4) is 17.0 Å². The van der Waals surface area contributed by atoms with E-state index in [-0.39, 0.29) is 12.2 Å². The van der Waals surface area contributed by atoms with Gasteiger partial charge in [-0.15, -0.1) is 0 Å². The first-order chi connectivity index (χ1) is 15.7. The highest BCUT2D eigenvalue weighted by Gasteiger charge is 2.51. The van der Waals surface area contributed by atoms with E-state index < -0.39 is 15.4 Å². The van der Waals surface area contributed by atoms with Gasteiger partial charge in [-0.3, -0.25) is 4.79 Å². The average Bonchev–Trinajstić information content (AvgIpc) is 3.62. The SMILES string of the molecule is COc1ccc(C2(C(=O)Nc3ccc(C)c(-c4ccc(S(=O)(=O)N(C)C)cc4)n3)CC2)cc1.[HH]. The Bertz CT molecular complexity index is 1290. The number of sulfonamides is 1. The number of hydrogen-bond acceptors (Lipinski definition) is 5. The third-order valence-corrected chi connectivity index (χ3v) is 7.90. The molecule has 0 bridgehead atoms. The van der Waals surface area contributed by atoms with Gasteiger partial charge in [-0.1, -0.05) is 30.3 Å². The Hall–Kier alpha value is -3.23. The van der Waals surface area contributed by atoms with Crippen LogP contribution in [0.5, 0.6) is 5.75 Å². The zero-order valence-corrected chi connectivity index (χ0v) is 19.9. The largest absolute Gasteiger partial charge is 0.497 e. The molecular formula is C25H29N3O4S. The van der Waals surface area contributed by atoms with Crippen molar-refractivity contribution in [3.05, 3.63) is 71.8 Å². The summed E-state index contributed by atoms with van der Waals surface area (Å²) in [4.78, 5) is 18.0. The number of pyridine rings is 1. The van der Waals surface area contributed by atoms with E-state index in [2.05, 4.69) is 10.3 Å². The monoisotopic (exact) mass is 467 g/mol. The zero-order valence-electron chi connectivity index (χ0n) is 19.1. The Labute approximate surface area is 196 Å². The molecule has 1 amide bonds. The topological polar surface area (TPSA) is 88.6 Å². The Morgan fingerprint density at radius 2 is 1.67 bits per heavy atom. The molecule has 0 aliphatic heterocycles. The molecule has 1 aliphatic rings. The Morgan fingerprint density at radius 1 is 1.03 bits per heavy atom. The highest BCUT2D eigenvalue weighted by atomic mass is 32.2. The smallest absolute Gasteiger partial charge is 0.242 e. The number of methoxy groups -OCH3 is 1. The number of carbonyl (C=O) groups is 1. The van der Waals surface area contributed by atoms with E-state index in [9.17, 15) is 13.2 Å². The van der Waals surface area contributed by atoms with E-state index in [4.69, 9.17) is 4.74 Å². The number of benzene rings is 2. The molecule has 2 aromatic carbocycles. The zero-order chi connectivity index (χ0) is 23.8. The lowest BCUT2D eigenvalue weighted by Gasteiger charge is -2.17. The van der Waals surface area contributed by atoms with Crippen LogP contribution in [0.25, 0.3) is 11.3 Å². The Kier molecular flexibility index (Phi) is 5.99. The summed E-state index contributed by atoms with van der Waals surface area (Å²) < 4.78 is 31.1. The lowest BCUT2D eigenvalue weighted by Crippen LogP contribution is -2.28. The molecule has 1 aliphatic carbocycles. The molecule has 0 spiro atoms. The van der Waals surface area contributed by atoms with Crippen LogP contribution in [-0.2, 0) is 20.2 Å². The standard InChI is InChI=1S/C25H27N3O4S.H2/c1-17-5-14-22(26-23(17)18-6-12-21(13-7-18)33(30,31)28(2)3)27-24(29)25(15-16-25)19-8-10-20(32-4)11-9-19;/h5-14H,15-16H2,1-4H3,(H,26,27,29);1H. The van der Waals surface area contributed by atoms with Crippen molar-refractivity contribution in [1.82, 2.24) is 9.29 Å². The molecule has 4 rings (SSSR count). The molecular weight excluding hydrogens is 438 g/mol. The van der Waals surface area contributed by atoms with Gasteiger partial charge in [-0.2, -0.15) is 0 Å². The second kappa shape index (κ2) is 8.61. The molecule has 3 aromatic rings. The molecule has 8 heteroatoms. The van der Waals surface area contributed by atoms with E-state index >= 15 is 0 Å². The fraction of sp³-hybridized carbons (Fsp3) is 0.280. The molecule has 33 heavy (non-hydrogen) atoms. The van der Waals surface area contributed by atoms with Crippen molar-refractivity contribution < 1.29 is 19.4 Å². The fourth-order valence-corrected chi connectivity index (χ4v) is 4.71. The number of nitrogens with zero attached hydrogens (tertiary/aromatic N) is 2. The number of rotatable bonds is 7. The summed E-state index contributed by atoms with van der Waals surface area (Å²) in [6.45, 7) is 1.93. The first kappa shape index (κ1) is 22.9. The van der Waals surface area contributed by atoms with Crippen LogP contribution in [0.3, 0.4) is 0 Å². The van der Waals surface area contributed by atoms with E-state index in [1.807, 2.05) is 37.3 Å². The van der Waals surface area contributed by atoms with Crippen molar-refractivity contribution in [3.63, 3.8) is 0 Å². The van der Waals surface area contributed by atoms with Crippen LogP contribution in [0.1, 0.15) is 25.4 Å². The van der Waals surface area contributed by atoms with Crippen LogP contribution in [0.15, 0.2) is 65.6 Å². The highest BCUT2D eigenvalue weighted by Crippen LogP contribution is 2.49. The molecule has 0 unspecified atom stereocenters. The molecule has 1 fully saturated rings. The molecule has 1 saturated carbocycles. The normalized spacial score (nSPS) is 14.7. The van der Waals surface area contributed by atoms with Gasteiger partial charge in [0.05, 0.1) is 23.1 Å². The Morgan fingerprint density at radius 3 is 2.21 bits per heavy atom. The number of carbonyl (C=O) groups excluding carboxylic acids is 1. The molecule has 0 saturated heterocycles. The van der Waals surface area contributed by atoms with Gasteiger partial charge in [-0.25, -0.2) is 17.7 Å². The summed E-state index contributed by atoms with van der Waals surface area (Å²) in [5.74, 6) is 1.14. The third-order valence-electron chi connectivity index (χ3n) is 6.07. The third kappa shape index (κ3) is 4.36. The predicted octanol–water partition coefficient (Wildman–Crippen LogP) is 4.23. The Balaban J connectivity index is 0.00000324. The number of hydrogen-bond donors (Lipinski definition) is 1. The van der Waals surface area contributed by atoms with E-state index in [1.165, 1.54) is 18.4 Å². The number of anilines is 1. The second-order valence-electron chi connectivity index (χ2n) is 8.44. The molecule has 174 valence electrons. The maximum Gasteiger partial charge on any atom is 0.242 e.